The standard InChI is InChI=1S/C16H25N3O2.2ClH/c1-12(13-10-17-11-13)16(20)18-14-4-6-15(7-5-14)21-9-8-19(2)3;;/h4-7,12-13,17H,8-11H2,1-3H3,(H,18,20);2*1H. The summed E-state index contributed by atoms with van der Waals surface area (Å²) >= 11 is 0. The van der Waals surface area contributed by atoms with E-state index in [4.69, 9.17) is 4.74 Å². The van der Waals surface area contributed by atoms with Crippen LogP contribution in [-0.4, -0.2) is 51.1 Å². The number of hydrogen-bond donors (Lipinski definition) is 2. The molecule has 1 unspecified atom stereocenters. The second-order valence-corrected chi connectivity index (χ2v) is 5.87. The molecule has 1 aliphatic rings. The molecule has 1 fully saturated rings. The van der Waals surface area contributed by atoms with E-state index >= 15 is 0 Å². The Bertz CT molecular complexity index is 465. The van der Waals surface area contributed by atoms with Gasteiger partial charge in [0.25, 0.3) is 0 Å². The quantitative estimate of drug-likeness (QED) is 0.780. The molecule has 1 heterocycles. The van der Waals surface area contributed by atoms with E-state index in [-0.39, 0.29) is 36.6 Å². The molecule has 1 aliphatic heterocycles. The summed E-state index contributed by atoms with van der Waals surface area (Å²) in [6.45, 7) is 5.40. The summed E-state index contributed by atoms with van der Waals surface area (Å²) in [6, 6.07) is 7.55. The molecule has 0 radical (unpaired) electrons. The first-order valence-electron chi connectivity index (χ1n) is 7.45. The number of benzene rings is 1. The minimum atomic E-state index is 0. The molecule has 132 valence electrons. The lowest BCUT2D eigenvalue weighted by molar-refractivity contribution is -0.121. The smallest absolute Gasteiger partial charge is 0.227 e. The number of likely N-dealkylation sites (N-methyl/N-ethyl adjacent to an activating group) is 1. The largest absolute Gasteiger partial charge is 0.492 e. The van der Waals surface area contributed by atoms with Crippen LogP contribution in [0.5, 0.6) is 5.75 Å². The molecule has 1 atom stereocenters. The first-order chi connectivity index (χ1) is 10.1. The van der Waals surface area contributed by atoms with Gasteiger partial charge in [-0.25, -0.2) is 0 Å². The summed E-state index contributed by atoms with van der Waals surface area (Å²) < 4.78 is 5.63. The van der Waals surface area contributed by atoms with Crippen molar-refractivity contribution in [3.8, 4) is 5.75 Å². The van der Waals surface area contributed by atoms with Gasteiger partial charge in [0, 0.05) is 18.2 Å². The summed E-state index contributed by atoms with van der Waals surface area (Å²) in [5.74, 6) is 1.41. The zero-order valence-corrected chi connectivity index (χ0v) is 15.5. The zero-order chi connectivity index (χ0) is 15.2. The molecular weight excluding hydrogens is 337 g/mol. The van der Waals surface area contributed by atoms with E-state index in [0.717, 1.165) is 31.1 Å². The monoisotopic (exact) mass is 363 g/mol. The topological polar surface area (TPSA) is 53.6 Å². The highest BCUT2D eigenvalue weighted by molar-refractivity contribution is 5.92. The number of nitrogens with one attached hydrogen (secondary N) is 2. The van der Waals surface area contributed by atoms with Gasteiger partial charge in [-0.15, -0.1) is 24.8 Å². The Hall–Kier alpha value is -1.01. The van der Waals surface area contributed by atoms with Crippen molar-refractivity contribution in [3.63, 3.8) is 0 Å². The van der Waals surface area contributed by atoms with E-state index in [9.17, 15) is 4.79 Å². The van der Waals surface area contributed by atoms with Gasteiger partial charge in [0.15, 0.2) is 0 Å². The first-order valence-corrected chi connectivity index (χ1v) is 7.45. The molecule has 5 nitrogen and oxygen atoms in total. The number of carbonyl (C=O) groups is 1. The van der Waals surface area contributed by atoms with Gasteiger partial charge >= 0.3 is 0 Å². The van der Waals surface area contributed by atoms with Crippen molar-refractivity contribution in [2.24, 2.45) is 11.8 Å². The third-order valence-electron chi connectivity index (χ3n) is 3.86. The van der Waals surface area contributed by atoms with Gasteiger partial charge in [-0.3, -0.25) is 4.79 Å². The zero-order valence-electron chi connectivity index (χ0n) is 13.9. The van der Waals surface area contributed by atoms with Crippen LogP contribution in [0.3, 0.4) is 0 Å². The number of rotatable bonds is 7. The summed E-state index contributed by atoms with van der Waals surface area (Å²) in [5, 5.41) is 6.16. The van der Waals surface area contributed by atoms with Crippen LogP contribution < -0.4 is 15.4 Å². The van der Waals surface area contributed by atoms with E-state index in [1.807, 2.05) is 45.3 Å². The Morgan fingerprint density at radius 3 is 2.39 bits per heavy atom. The van der Waals surface area contributed by atoms with Gasteiger partial charge in [0.1, 0.15) is 12.4 Å². The van der Waals surface area contributed by atoms with E-state index < -0.39 is 0 Å². The molecular formula is C16H27Cl2N3O2. The van der Waals surface area contributed by atoms with Gasteiger partial charge in [0.2, 0.25) is 5.91 Å². The fourth-order valence-corrected chi connectivity index (χ4v) is 2.12. The van der Waals surface area contributed by atoms with Crippen LogP contribution in [-0.2, 0) is 4.79 Å². The van der Waals surface area contributed by atoms with Crippen molar-refractivity contribution < 1.29 is 9.53 Å². The van der Waals surface area contributed by atoms with E-state index in [1.54, 1.807) is 0 Å². The van der Waals surface area contributed by atoms with Crippen LogP contribution in [0, 0.1) is 11.8 Å². The minimum Gasteiger partial charge on any atom is -0.492 e. The van der Waals surface area contributed by atoms with E-state index in [2.05, 4.69) is 15.5 Å². The van der Waals surface area contributed by atoms with Crippen molar-refractivity contribution in [2.75, 3.05) is 45.7 Å². The molecule has 0 aliphatic carbocycles. The van der Waals surface area contributed by atoms with Crippen molar-refractivity contribution in [2.45, 2.75) is 6.92 Å². The molecule has 0 bridgehead atoms. The molecule has 2 rings (SSSR count). The maximum Gasteiger partial charge on any atom is 0.227 e. The van der Waals surface area contributed by atoms with Crippen LogP contribution in [0.4, 0.5) is 5.69 Å². The average Bonchev–Trinajstić information content (AvgIpc) is 2.38. The Morgan fingerprint density at radius 1 is 1.30 bits per heavy atom. The Kier molecular flexibility index (Phi) is 10.2. The molecule has 1 amide bonds. The van der Waals surface area contributed by atoms with Crippen molar-refractivity contribution >= 4 is 36.4 Å². The SMILES string of the molecule is CC(C(=O)Nc1ccc(OCCN(C)C)cc1)C1CNC1.Cl.Cl. The van der Waals surface area contributed by atoms with Crippen LogP contribution in [0.25, 0.3) is 0 Å². The van der Waals surface area contributed by atoms with E-state index in [0.29, 0.717) is 12.5 Å². The average molecular weight is 364 g/mol. The number of halogens is 2. The molecule has 0 spiro atoms. The lowest BCUT2D eigenvalue weighted by Crippen LogP contribution is -2.48. The van der Waals surface area contributed by atoms with Crippen molar-refractivity contribution in [1.82, 2.24) is 10.2 Å². The maximum atomic E-state index is 12.1. The molecule has 1 aromatic carbocycles. The van der Waals surface area contributed by atoms with Crippen LogP contribution in [0.2, 0.25) is 0 Å². The normalized spacial score (nSPS) is 15.0. The number of hydrogen-bond acceptors (Lipinski definition) is 4. The highest BCUT2D eigenvalue weighted by atomic mass is 35.5. The summed E-state index contributed by atoms with van der Waals surface area (Å²) in [6.07, 6.45) is 0. The predicted molar refractivity (Wildman–Crippen MR) is 99.1 cm³/mol. The summed E-state index contributed by atoms with van der Waals surface area (Å²) in [7, 11) is 4.03. The van der Waals surface area contributed by atoms with Gasteiger partial charge in [0.05, 0.1) is 0 Å². The fraction of sp³-hybridized carbons (Fsp3) is 0.562. The third kappa shape index (κ3) is 6.96. The first kappa shape index (κ1) is 22.0. The van der Waals surface area contributed by atoms with E-state index in [1.165, 1.54) is 0 Å². The number of carbonyl (C=O) groups excluding carboxylic acids is 1. The highest BCUT2D eigenvalue weighted by Crippen LogP contribution is 2.20. The minimum absolute atomic E-state index is 0. The highest BCUT2D eigenvalue weighted by Gasteiger charge is 2.28. The van der Waals surface area contributed by atoms with Gasteiger partial charge in [-0.2, -0.15) is 0 Å². The van der Waals surface area contributed by atoms with Gasteiger partial charge in [-0.05, 0) is 57.4 Å². The van der Waals surface area contributed by atoms with Crippen molar-refractivity contribution in [1.29, 1.82) is 0 Å². The number of ether oxygens (including phenoxy) is 1. The van der Waals surface area contributed by atoms with Crippen LogP contribution in [0.15, 0.2) is 24.3 Å². The molecule has 23 heavy (non-hydrogen) atoms. The lowest BCUT2D eigenvalue weighted by atomic mass is 9.88. The second kappa shape index (κ2) is 10.7. The molecule has 1 aromatic rings. The molecule has 0 saturated carbocycles. The fourth-order valence-electron chi connectivity index (χ4n) is 2.12. The summed E-state index contributed by atoms with van der Waals surface area (Å²) in [4.78, 5) is 14.2. The Morgan fingerprint density at radius 2 is 1.91 bits per heavy atom. The van der Waals surface area contributed by atoms with Crippen molar-refractivity contribution in [3.05, 3.63) is 24.3 Å². The lowest BCUT2D eigenvalue weighted by Gasteiger charge is -2.31. The predicted octanol–water partition coefficient (Wildman–Crippen LogP) is 2.26. The van der Waals surface area contributed by atoms with Gasteiger partial charge in [-0.1, -0.05) is 6.92 Å². The van der Waals surface area contributed by atoms with Crippen LogP contribution >= 0.6 is 24.8 Å². The Labute approximate surface area is 151 Å². The number of amides is 1. The molecule has 1 saturated heterocycles. The molecule has 7 heteroatoms. The van der Waals surface area contributed by atoms with Crippen LogP contribution in [0.1, 0.15) is 6.92 Å². The second-order valence-electron chi connectivity index (χ2n) is 5.87. The number of nitrogens with zero attached hydrogens (tertiary/aromatic N) is 1. The number of anilines is 1. The third-order valence-corrected chi connectivity index (χ3v) is 3.86. The molecule has 2 N–H and O–H groups in total. The summed E-state index contributed by atoms with van der Waals surface area (Å²) in [5.41, 5.74) is 0.819. The molecule has 0 aromatic heterocycles. The Balaban J connectivity index is 0.00000242. The maximum absolute atomic E-state index is 12.1. The van der Waals surface area contributed by atoms with Gasteiger partial charge < -0.3 is 20.3 Å².